The van der Waals surface area contributed by atoms with Gasteiger partial charge < -0.3 is 4.74 Å². The predicted octanol–water partition coefficient (Wildman–Crippen LogP) is 2.28. The zero-order chi connectivity index (χ0) is 13.3. The van der Waals surface area contributed by atoms with E-state index in [0.29, 0.717) is 23.9 Å². The molecule has 1 aliphatic heterocycles. The SMILES string of the molecule is CC1CN(S(=O)(=O)c2csc(CCl)c2)CC(C)O1. The molecule has 0 amide bonds. The van der Waals surface area contributed by atoms with Crippen LogP contribution in [0.1, 0.15) is 18.7 Å². The predicted molar refractivity (Wildman–Crippen MR) is 72.6 cm³/mol. The van der Waals surface area contributed by atoms with Crippen molar-refractivity contribution in [3.8, 4) is 0 Å². The number of halogens is 1. The average molecular weight is 310 g/mol. The molecule has 0 radical (unpaired) electrons. The number of morpholine rings is 1. The number of sulfonamides is 1. The summed E-state index contributed by atoms with van der Waals surface area (Å²) in [6.07, 6.45) is -0.149. The minimum absolute atomic E-state index is 0.0744. The number of hydrogen-bond donors (Lipinski definition) is 0. The Balaban J connectivity index is 2.25. The van der Waals surface area contributed by atoms with E-state index in [1.807, 2.05) is 13.8 Å². The van der Waals surface area contributed by atoms with Gasteiger partial charge in [-0.2, -0.15) is 4.31 Å². The Hall–Kier alpha value is -0.140. The zero-order valence-corrected chi connectivity index (χ0v) is 12.7. The summed E-state index contributed by atoms with van der Waals surface area (Å²) in [7, 11) is -3.41. The fourth-order valence-electron chi connectivity index (χ4n) is 2.04. The van der Waals surface area contributed by atoms with E-state index in [2.05, 4.69) is 0 Å². The molecule has 102 valence electrons. The highest BCUT2D eigenvalue weighted by Gasteiger charge is 2.32. The van der Waals surface area contributed by atoms with Crippen molar-refractivity contribution in [3.05, 3.63) is 16.3 Å². The van der Waals surface area contributed by atoms with Gasteiger partial charge >= 0.3 is 0 Å². The Morgan fingerprint density at radius 3 is 2.56 bits per heavy atom. The lowest BCUT2D eigenvalue weighted by molar-refractivity contribution is -0.0440. The summed E-state index contributed by atoms with van der Waals surface area (Å²) in [6, 6.07) is 1.65. The maximum atomic E-state index is 12.4. The fourth-order valence-corrected chi connectivity index (χ4v) is 5.01. The summed E-state index contributed by atoms with van der Waals surface area (Å²) in [6.45, 7) is 4.57. The molecule has 7 heteroatoms. The lowest BCUT2D eigenvalue weighted by Crippen LogP contribution is -2.47. The lowest BCUT2D eigenvalue weighted by Gasteiger charge is -2.34. The summed E-state index contributed by atoms with van der Waals surface area (Å²) in [5, 5.41) is 1.65. The molecule has 1 fully saturated rings. The molecular formula is C11H16ClNO3S2. The first kappa shape index (κ1) is 14.3. The minimum atomic E-state index is -3.41. The largest absolute Gasteiger partial charge is 0.373 e. The van der Waals surface area contributed by atoms with Gasteiger partial charge in [-0.3, -0.25) is 0 Å². The van der Waals surface area contributed by atoms with Crippen LogP contribution in [0.3, 0.4) is 0 Å². The zero-order valence-electron chi connectivity index (χ0n) is 10.3. The van der Waals surface area contributed by atoms with Gasteiger partial charge in [0.2, 0.25) is 10.0 Å². The van der Waals surface area contributed by atoms with Crippen LogP contribution in [0.15, 0.2) is 16.3 Å². The van der Waals surface area contributed by atoms with Crippen molar-refractivity contribution in [1.29, 1.82) is 0 Å². The van der Waals surface area contributed by atoms with Gasteiger partial charge in [0.05, 0.1) is 23.0 Å². The van der Waals surface area contributed by atoms with E-state index in [1.165, 1.54) is 15.6 Å². The first-order chi connectivity index (χ1) is 8.43. The van der Waals surface area contributed by atoms with Gasteiger partial charge in [0, 0.05) is 23.3 Å². The summed E-state index contributed by atoms with van der Waals surface area (Å²) < 4.78 is 31.9. The van der Waals surface area contributed by atoms with Gasteiger partial charge in [0.25, 0.3) is 0 Å². The highest BCUT2D eigenvalue weighted by atomic mass is 35.5. The fraction of sp³-hybridized carbons (Fsp3) is 0.636. The molecule has 1 aliphatic rings. The van der Waals surface area contributed by atoms with Crippen molar-refractivity contribution in [1.82, 2.24) is 4.31 Å². The minimum Gasteiger partial charge on any atom is -0.373 e. The van der Waals surface area contributed by atoms with Crippen molar-refractivity contribution in [2.24, 2.45) is 0 Å². The van der Waals surface area contributed by atoms with Crippen molar-refractivity contribution < 1.29 is 13.2 Å². The second-order valence-corrected chi connectivity index (χ2v) is 7.66. The van der Waals surface area contributed by atoms with Crippen molar-refractivity contribution in [3.63, 3.8) is 0 Å². The number of thiophene rings is 1. The van der Waals surface area contributed by atoms with E-state index >= 15 is 0 Å². The molecule has 2 rings (SSSR count). The standard InChI is InChI=1S/C11H16ClNO3S2/c1-8-5-13(6-9(2)16-8)18(14,15)11-3-10(4-12)17-7-11/h3,7-9H,4-6H2,1-2H3. The second-order valence-electron chi connectivity index (χ2n) is 4.46. The number of nitrogens with zero attached hydrogens (tertiary/aromatic N) is 1. The van der Waals surface area contributed by atoms with Crippen molar-refractivity contribution >= 4 is 33.0 Å². The van der Waals surface area contributed by atoms with E-state index in [0.717, 1.165) is 4.88 Å². The average Bonchev–Trinajstić information content (AvgIpc) is 2.76. The van der Waals surface area contributed by atoms with Gasteiger partial charge in [-0.15, -0.1) is 22.9 Å². The lowest BCUT2D eigenvalue weighted by atomic mass is 10.3. The third-order valence-electron chi connectivity index (χ3n) is 2.79. The Bertz CT molecular complexity index is 504. The van der Waals surface area contributed by atoms with Crippen LogP contribution in [0.5, 0.6) is 0 Å². The van der Waals surface area contributed by atoms with Crippen LogP contribution in [-0.4, -0.2) is 38.0 Å². The molecule has 0 bridgehead atoms. The van der Waals surface area contributed by atoms with E-state index < -0.39 is 10.0 Å². The highest BCUT2D eigenvalue weighted by Crippen LogP contribution is 2.26. The normalized spacial score (nSPS) is 26.4. The van der Waals surface area contributed by atoms with E-state index in [-0.39, 0.29) is 12.2 Å². The van der Waals surface area contributed by atoms with Crippen LogP contribution in [0.2, 0.25) is 0 Å². The van der Waals surface area contributed by atoms with Crippen molar-refractivity contribution in [2.75, 3.05) is 13.1 Å². The third-order valence-corrected chi connectivity index (χ3v) is 6.13. The molecule has 18 heavy (non-hydrogen) atoms. The summed E-state index contributed by atoms with van der Waals surface area (Å²) in [5.74, 6) is 0.343. The highest BCUT2D eigenvalue weighted by molar-refractivity contribution is 7.89. The maximum absolute atomic E-state index is 12.4. The van der Waals surface area contributed by atoms with Crippen LogP contribution in [0.25, 0.3) is 0 Å². The molecule has 0 N–H and O–H groups in total. The Kier molecular flexibility index (Phi) is 4.33. The van der Waals surface area contributed by atoms with Crippen LogP contribution in [0, 0.1) is 0 Å². The van der Waals surface area contributed by atoms with Crippen LogP contribution in [0.4, 0.5) is 0 Å². The Morgan fingerprint density at radius 1 is 1.44 bits per heavy atom. The molecule has 0 aromatic carbocycles. The third kappa shape index (κ3) is 2.88. The van der Waals surface area contributed by atoms with E-state index in [9.17, 15) is 8.42 Å². The molecule has 0 saturated carbocycles. The molecule has 2 atom stereocenters. The quantitative estimate of drug-likeness (QED) is 0.805. The van der Waals surface area contributed by atoms with E-state index in [4.69, 9.17) is 16.3 Å². The molecular weight excluding hydrogens is 294 g/mol. The molecule has 1 saturated heterocycles. The van der Waals surface area contributed by atoms with Crippen LogP contribution in [-0.2, 0) is 20.6 Å². The molecule has 0 aliphatic carbocycles. The number of alkyl halides is 1. The smallest absolute Gasteiger partial charge is 0.244 e. The van der Waals surface area contributed by atoms with Crippen LogP contribution < -0.4 is 0 Å². The maximum Gasteiger partial charge on any atom is 0.244 e. The number of rotatable bonds is 3. The first-order valence-corrected chi connectivity index (χ1v) is 8.58. The molecule has 1 aromatic rings. The van der Waals surface area contributed by atoms with Gasteiger partial charge in [-0.05, 0) is 19.9 Å². The van der Waals surface area contributed by atoms with Gasteiger partial charge in [-0.25, -0.2) is 8.42 Å². The monoisotopic (exact) mass is 309 g/mol. The summed E-state index contributed by atoms with van der Waals surface area (Å²) in [4.78, 5) is 1.20. The summed E-state index contributed by atoms with van der Waals surface area (Å²) >= 11 is 7.08. The van der Waals surface area contributed by atoms with Gasteiger partial charge in [0.15, 0.2) is 0 Å². The van der Waals surface area contributed by atoms with Crippen molar-refractivity contribution in [2.45, 2.75) is 36.8 Å². The molecule has 2 unspecified atom stereocenters. The Morgan fingerprint density at radius 2 is 2.06 bits per heavy atom. The summed E-state index contributed by atoms with van der Waals surface area (Å²) in [5.41, 5.74) is 0. The number of hydrogen-bond acceptors (Lipinski definition) is 4. The van der Waals surface area contributed by atoms with Gasteiger partial charge in [0.1, 0.15) is 0 Å². The molecule has 0 spiro atoms. The van der Waals surface area contributed by atoms with E-state index in [1.54, 1.807) is 11.4 Å². The second kappa shape index (κ2) is 5.46. The Labute approximate surface area is 117 Å². The molecule has 1 aromatic heterocycles. The van der Waals surface area contributed by atoms with Gasteiger partial charge in [-0.1, -0.05) is 0 Å². The number of ether oxygens (including phenoxy) is 1. The van der Waals surface area contributed by atoms with Crippen LogP contribution >= 0.6 is 22.9 Å². The first-order valence-electron chi connectivity index (χ1n) is 5.72. The molecule has 2 heterocycles. The topological polar surface area (TPSA) is 46.6 Å². The molecule has 4 nitrogen and oxygen atoms in total.